The minimum absolute atomic E-state index is 0.0511. The summed E-state index contributed by atoms with van der Waals surface area (Å²) in [5, 5.41) is 16.1. The molecule has 0 spiro atoms. The fraction of sp³-hybridized carbons (Fsp3) is 0.333. The average Bonchev–Trinajstić information content (AvgIpc) is 2.91. The van der Waals surface area contributed by atoms with Gasteiger partial charge in [0.2, 0.25) is 0 Å². The van der Waals surface area contributed by atoms with Gasteiger partial charge in [0.05, 0.1) is 18.8 Å². The Labute approximate surface area is 118 Å². The first-order valence-electron chi connectivity index (χ1n) is 6.64. The molecule has 0 bridgehead atoms. The van der Waals surface area contributed by atoms with E-state index in [1.54, 1.807) is 16.9 Å². The van der Waals surface area contributed by atoms with Gasteiger partial charge >= 0.3 is 0 Å². The van der Waals surface area contributed by atoms with Gasteiger partial charge in [-0.15, -0.1) is 0 Å². The zero-order chi connectivity index (χ0) is 14.5. The summed E-state index contributed by atoms with van der Waals surface area (Å²) in [5.41, 5.74) is 2.50. The molecule has 1 heterocycles. The molecule has 1 amide bonds. The number of benzene rings is 1. The molecule has 1 aromatic carbocycles. The number of carbonyl (C=O) groups excluding carboxylic acids is 1. The number of aromatic nitrogens is 2. The monoisotopic (exact) mass is 273 g/mol. The van der Waals surface area contributed by atoms with Crippen LogP contribution in [0.4, 0.5) is 0 Å². The molecular formula is C15H19N3O2. The van der Waals surface area contributed by atoms with E-state index in [1.165, 1.54) is 0 Å². The van der Waals surface area contributed by atoms with Crippen LogP contribution in [0.1, 0.15) is 23.7 Å². The summed E-state index contributed by atoms with van der Waals surface area (Å²) < 4.78 is 1.72. The summed E-state index contributed by atoms with van der Waals surface area (Å²) in [6, 6.07) is 7.17. The molecular weight excluding hydrogens is 254 g/mol. The van der Waals surface area contributed by atoms with Gasteiger partial charge < -0.3 is 10.4 Å². The topological polar surface area (TPSA) is 67.2 Å². The minimum atomic E-state index is -0.204. The normalized spacial score (nSPS) is 12.2. The Hall–Kier alpha value is -2.14. The van der Waals surface area contributed by atoms with Crippen LogP contribution in [0.2, 0.25) is 0 Å². The van der Waals surface area contributed by atoms with E-state index >= 15 is 0 Å². The largest absolute Gasteiger partial charge is 0.394 e. The van der Waals surface area contributed by atoms with Crippen LogP contribution in [0.15, 0.2) is 36.7 Å². The SMILES string of the molecule is CCC(CO)NC(=O)c1cccc(-c2cnn(C)c2)c1. The highest BCUT2D eigenvalue weighted by Crippen LogP contribution is 2.19. The van der Waals surface area contributed by atoms with Crippen LogP contribution in [0.25, 0.3) is 11.1 Å². The average molecular weight is 273 g/mol. The molecule has 5 nitrogen and oxygen atoms in total. The van der Waals surface area contributed by atoms with Crippen LogP contribution in [0.3, 0.4) is 0 Å². The maximum Gasteiger partial charge on any atom is 0.251 e. The molecule has 0 aliphatic heterocycles. The molecule has 106 valence electrons. The second-order valence-electron chi connectivity index (χ2n) is 4.74. The second-order valence-corrected chi connectivity index (χ2v) is 4.74. The second kappa shape index (κ2) is 6.34. The maximum absolute atomic E-state index is 12.1. The Morgan fingerprint density at radius 1 is 1.45 bits per heavy atom. The van der Waals surface area contributed by atoms with Crippen LogP contribution in [0.5, 0.6) is 0 Å². The standard InChI is InChI=1S/C15H19N3O2/c1-3-14(10-19)17-15(20)12-6-4-5-11(7-12)13-8-16-18(2)9-13/h4-9,14,19H,3,10H2,1-2H3,(H,17,20). The molecule has 0 aliphatic rings. The van der Waals surface area contributed by atoms with Crippen molar-refractivity contribution in [1.29, 1.82) is 0 Å². The number of amides is 1. The Morgan fingerprint density at radius 3 is 2.85 bits per heavy atom. The molecule has 0 radical (unpaired) electrons. The highest BCUT2D eigenvalue weighted by atomic mass is 16.3. The summed E-state index contributed by atoms with van der Waals surface area (Å²) in [4.78, 5) is 12.1. The van der Waals surface area contributed by atoms with Crippen molar-refractivity contribution in [2.45, 2.75) is 19.4 Å². The number of carbonyl (C=O) groups is 1. The quantitative estimate of drug-likeness (QED) is 0.869. The number of aliphatic hydroxyl groups excluding tert-OH is 1. The summed E-state index contributed by atoms with van der Waals surface area (Å²) in [5.74, 6) is -0.170. The van der Waals surface area contributed by atoms with Gasteiger partial charge in [0, 0.05) is 24.4 Å². The third-order valence-electron chi connectivity index (χ3n) is 3.21. The van der Waals surface area contributed by atoms with Gasteiger partial charge in [0.1, 0.15) is 0 Å². The molecule has 0 saturated heterocycles. The molecule has 2 N–H and O–H groups in total. The number of nitrogens with one attached hydrogen (secondary N) is 1. The number of rotatable bonds is 5. The molecule has 1 aromatic heterocycles. The number of hydrogen-bond acceptors (Lipinski definition) is 3. The van der Waals surface area contributed by atoms with E-state index in [0.717, 1.165) is 11.1 Å². The summed E-state index contributed by atoms with van der Waals surface area (Å²) in [7, 11) is 1.85. The number of aliphatic hydroxyl groups is 1. The van der Waals surface area contributed by atoms with Crippen molar-refractivity contribution in [3.8, 4) is 11.1 Å². The third-order valence-corrected chi connectivity index (χ3v) is 3.21. The predicted molar refractivity (Wildman–Crippen MR) is 77.3 cm³/mol. The van der Waals surface area contributed by atoms with Crippen molar-refractivity contribution in [3.63, 3.8) is 0 Å². The zero-order valence-corrected chi connectivity index (χ0v) is 11.7. The van der Waals surface area contributed by atoms with Crippen LogP contribution in [-0.2, 0) is 7.05 Å². The Bertz CT molecular complexity index is 588. The van der Waals surface area contributed by atoms with E-state index in [0.29, 0.717) is 12.0 Å². The first-order valence-corrected chi connectivity index (χ1v) is 6.64. The van der Waals surface area contributed by atoms with Crippen molar-refractivity contribution in [1.82, 2.24) is 15.1 Å². The Kier molecular flexibility index (Phi) is 4.53. The van der Waals surface area contributed by atoms with E-state index in [1.807, 2.05) is 38.4 Å². The van der Waals surface area contributed by atoms with Gasteiger partial charge in [-0.25, -0.2) is 0 Å². The smallest absolute Gasteiger partial charge is 0.251 e. The van der Waals surface area contributed by atoms with Crippen LogP contribution in [-0.4, -0.2) is 33.4 Å². The molecule has 0 aliphatic carbocycles. The van der Waals surface area contributed by atoms with Gasteiger partial charge in [-0.2, -0.15) is 5.10 Å². The summed E-state index contributed by atoms with van der Waals surface area (Å²) >= 11 is 0. The first-order chi connectivity index (χ1) is 9.63. The van der Waals surface area contributed by atoms with E-state index in [9.17, 15) is 4.79 Å². The molecule has 5 heteroatoms. The van der Waals surface area contributed by atoms with Crippen molar-refractivity contribution in [2.24, 2.45) is 7.05 Å². The van der Waals surface area contributed by atoms with E-state index in [4.69, 9.17) is 5.11 Å². The summed E-state index contributed by atoms with van der Waals surface area (Å²) in [6.45, 7) is 1.87. The minimum Gasteiger partial charge on any atom is -0.394 e. The van der Waals surface area contributed by atoms with E-state index in [2.05, 4.69) is 10.4 Å². The van der Waals surface area contributed by atoms with E-state index in [-0.39, 0.29) is 18.6 Å². The van der Waals surface area contributed by atoms with Crippen LogP contribution >= 0.6 is 0 Å². The van der Waals surface area contributed by atoms with E-state index < -0.39 is 0 Å². The molecule has 1 unspecified atom stereocenters. The number of nitrogens with zero attached hydrogens (tertiary/aromatic N) is 2. The van der Waals surface area contributed by atoms with Gasteiger partial charge in [-0.1, -0.05) is 19.1 Å². The molecule has 0 saturated carbocycles. The lowest BCUT2D eigenvalue weighted by Gasteiger charge is -2.14. The van der Waals surface area contributed by atoms with Crippen LogP contribution < -0.4 is 5.32 Å². The van der Waals surface area contributed by atoms with Crippen molar-refractivity contribution < 1.29 is 9.90 Å². The van der Waals surface area contributed by atoms with Gasteiger partial charge in [0.25, 0.3) is 5.91 Å². The highest BCUT2D eigenvalue weighted by Gasteiger charge is 2.12. The Balaban J connectivity index is 2.19. The number of aryl methyl sites for hydroxylation is 1. The lowest BCUT2D eigenvalue weighted by molar-refractivity contribution is 0.0915. The molecule has 2 rings (SSSR count). The third kappa shape index (κ3) is 3.24. The Morgan fingerprint density at radius 2 is 2.25 bits per heavy atom. The lowest BCUT2D eigenvalue weighted by Crippen LogP contribution is -2.36. The van der Waals surface area contributed by atoms with Gasteiger partial charge in [-0.3, -0.25) is 9.48 Å². The van der Waals surface area contributed by atoms with Crippen molar-refractivity contribution in [2.75, 3.05) is 6.61 Å². The maximum atomic E-state index is 12.1. The fourth-order valence-corrected chi connectivity index (χ4v) is 1.96. The zero-order valence-electron chi connectivity index (χ0n) is 11.7. The van der Waals surface area contributed by atoms with Gasteiger partial charge in [0.15, 0.2) is 0 Å². The molecule has 2 aromatic rings. The predicted octanol–water partition coefficient (Wildman–Crippen LogP) is 1.59. The summed E-state index contributed by atoms with van der Waals surface area (Å²) in [6.07, 6.45) is 4.36. The van der Waals surface area contributed by atoms with Crippen LogP contribution in [0, 0.1) is 0 Å². The lowest BCUT2D eigenvalue weighted by atomic mass is 10.1. The van der Waals surface area contributed by atoms with Gasteiger partial charge in [-0.05, 0) is 24.1 Å². The first kappa shape index (κ1) is 14.3. The molecule has 0 fully saturated rings. The molecule has 20 heavy (non-hydrogen) atoms. The fourth-order valence-electron chi connectivity index (χ4n) is 1.96. The van der Waals surface area contributed by atoms with Crippen molar-refractivity contribution >= 4 is 5.91 Å². The highest BCUT2D eigenvalue weighted by molar-refractivity contribution is 5.95. The molecule has 1 atom stereocenters. The number of hydrogen-bond donors (Lipinski definition) is 2. The van der Waals surface area contributed by atoms with Crippen molar-refractivity contribution in [3.05, 3.63) is 42.2 Å².